The summed E-state index contributed by atoms with van der Waals surface area (Å²) in [6.45, 7) is 3.58. The van der Waals surface area contributed by atoms with E-state index in [-0.39, 0.29) is 17.5 Å². The van der Waals surface area contributed by atoms with Gasteiger partial charge in [-0.05, 0) is 30.3 Å². The Labute approximate surface area is 160 Å². The summed E-state index contributed by atoms with van der Waals surface area (Å²) in [6.07, 6.45) is 0. The van der Waals surface area contributed by atoms with E-state index in [0.29, 0.717) is 47.7 Å². The number of rotatable bonds is 3. The Morgan fingerprint density at radius 3 is 2.23 bits per heavy atom. The molecule has 2 heterocycles. The van der Waals surface area contributed by atoms with E-state index in [1.807, 2.05) is 0 Å². The van der Waals surface area contributed by atoms with Crippen molar-refractivity contribution in [2.24, 2.45) is 0 Å². The van der Waals surface area contributed by atoms with Crippen LogP contribution in [0.25, 0.3) is 0 Å². The Morgan fingerprint density at radius 1 is 0.962 bits per heavy atom. The van der Waals surface area contributed by atoms with Gasteiger partial charge in [0, 0.05) is 38.8 Å². The molecular formula is C17H17Cl2N5O2. The van der Waals surface area contributed by atoms with Gasteiger partial charge in [-0.3, -0.25) is 9.59 Å². The molecule has 0 radical (unpaired) electrons. The molecule has 0 bridgehead atoms. The van der Waals surface area contributed by atoms with Crippen LogP contribution in [-0.4, -0.2) is 58.0 Å². The van der Waals surface area contributed by atoms with Gasteiger partial charge in [0.15, 0.2) is 11.5 Å². The first kappa shape index (κ1) is 18.4. The third kappa shape index (κ3) is 4.23. The van der Waals surface area contributed by atoms with Crippen LogP contribution in [-0.2, 0) is 4.79 Å². The average Bonchev–Trinajstić information content (AvgIpc) is 2.65. The number of hydrogen-bond donors (Lipinski definition) is 1. The molecule has 26 heavy (non-hydrogen) atoms. The molecule has 136 valence electrons. The molecule has 0 atom stereocenters. The summed E-state index contributed by atoms with van der Waals surface area (Å²) in [5.41, 5.74) is 0.981. The highest BCUT2D eigenvalue weighted by Crippen LogP contribution is 2.26. The van der Waals surface area contributed by atoms with Gasteiger partial charge in [-0.2, -0.15) is 0 Å². The summed E-state index contributed by atoms with van der Waals surface area (Å²) in [6, 6.07) is 8.42. The number of aromatic nitrogens is 2. The molecule has 2 amide bonds. The molecule has 1 saturated heterocycles. The van der Waals surface area contributed by atoms with E-state index in [1.165, 1.54) is 6.92 Å². The molecule has 1 fully saturated rings. The Kier molecular flexibility index (Phi) is 5.58. The van der Waals surface area contributed by atoms with Gasteiger partial charge >= 0.3 is 0 Å². The third-order valence-electron chi connectivity index (χ3n) is 4.09. The van der Waals surface area contributed by atoms with Crippen LogP contribution in [0, 0.1) is 0 Å². The second-order valence-corrected chi connectivity index (χ2v) is 6.67. The first-order valence-corrected chi connectivity index (χ1v) is 8.80. The average molecular weight is 394 g/mol. The van der Waals surface area contributed by atoms with E-state index in [2.05, 4.69) is 15.5 Å². The minimum atomic E-state index is -0.193. The molecule has 1 aromatic heterocycles. The zero-order valence-corrected chi connectivity index (χ0v) is 15.6. The lowest BCUT2D eigenvalue weighted by Crippen LogP contribution is -2.50. The SMILES string of the molecule is CC(=O)N1CCN(C(=O)c2ccc(Nc3ccc(Cl)c(Cl)c3)nn2)CC1. The van der Waals surface area contributed by atoms with Crippen molar-refractivity contribution in [2.75, 3.05) is 31.5 Å². The lowest BCUT2D eigenvalue weighted by atomic mass is 10.2. The number of halogens is 2. The lowest BCUT2D eigenvalue weighted by molar-refractivity contribution is -0.130. The van der Waals surface area contributed by atoms with Gasteiger partial charge < -0.3 is 15.1 Å². The highest BCUT2D eigenvalue weighted by atomic mass is 35.5. The van der Waals surface area contributed by atoms with Gasteiger partial charge in [-0.15, -0.1) is 10.2 Å². The number of anilines is 2. The summed E-state index contributed by atoms with van der Waals surface area (Å²) >= 11 is 11.9. The van der Waals surface area contributed by atoms with Crippen molar-refractivity contribution >= 4 is 46.5 Å². The molecule has 0 saturated carbocycles. The third-order valence-corrected chi connectivity index (χ3v) is 4.83. The van der Waals surface area contributed by atoms with Crippen molar-refractivity contribution in [1.82, 2.24) is 20.0 Å². The second kappa shape index (κ2) is 7.88. The molecule has 0 aliphatic carbocycles. The fraction of sp³-hybridized carbons (Fsp3) is 0.294. The van der Waals surface area contributed by atoms with Crippen LogP contribution in [0.3, 0.4) is 0 Å². The topological polar surface area (TPSA) is 78.4 Å². The maximum atomic E-state index is 12.5. The summed E-state index contributed by atoms with van der Waals surface area (Å²) in [5.74, 6) is 0.317. The van der Waals surface area contributed by atoms with Crippen LogP contribution in [0.4, 0.5) is 11.5 Å². The van der Waals surface area contributed by atoms with Crippen molar-refractivity contribution in [2.45, 2.75) is 6.92 Å². The maximum Gasteiger partial charge on any atom is 0.274 e. The van der Waals surface area contributed by atoms with Crippen LogP contribution in [0.1, 0.15) is 17.4 Å². The largest absolute Gasteiger partial charge is 0.339 e. The quantitative estimate of drug-likeness (QED) is 0.866. The molecule has 1 aliphatic rings. The summed E-state index contributed by atoms with van der Waals surface area (Å²) in [5, 5.41) is 12.0. The van der Waals surface area contributed by atoms with E-state index in [0.717, 1.165) is 0 Å². The first-order valence-electron chi connectivity index (χ1n) is 8.04. The lowest BCUT2D eigenvalue weighted by Gasteiger charge is -2.33. The Morgan fingerprint density at radius 2 is 1.65 bits per heavy atom. The molecule has 0 spiro atoms. The number of carbonyl (C=O) groups is 2. The van der Waals surface area contributed by atoms with Crippen molar-refractivity contribution < 1.29 is 9.59 Å². The summed E-state index contributed by atoms with van der Waals surface area (Å²) < 4.78 is 0. The molecule has 7 nitrogen and oxygen atoms in total. The zero-order chi connectivity index (χ0) is 18.7. The van der Waals surface area contributed by atoms with Gasteiger partial charge in [-0.25, -0.2) is 0 Å². The zero-order valence-electron chi connectivity index (χ0n) is 14.1. The van der Waals surface area contributed by atoms with Gasteiger partial charge in [0.25, 0.3) is 5.91 Å². The van der Waals surface area contributed by atoms with E-state index in [4.69, 9.17) is 23.2 Å². The predicted octanol–water partition coefficient (Wildman–Crippen LogP) is 2.83. The summed E-state index contributed by atoms with van der Waals surface area (Å²) in [7, 11) is 0. The van der Waals surface area contributed by atoms with Crippen LogP contribution in [0.15, 0.2) is 30.3 Å². The number of hydrogen-bond acceptors (Lipinski definition) is 5. The van der Waals surface area contributed by atoms with Crippen LogP contribution in [0.2, 0.25) is 10.0 Å². The van der Waals surface area contributed by atoms with Crippen molar-refractivity contribution in [1.29, 1.82) is 0 Å². The first-order chi connectivity index (χ1) is 12.4. The minimum absolute atomic E-state index is 0.0228. The number of nitrogens with zero attached hydrogens (tertiary/aromatic N) is 4. The number of amides is 2. The van der Waals surface area contributed by atoms with Crippen molar-refractivity contribution in [3.8, 4) is 0 Å². The van der Waals surface area contributed by atoms with Gasteiger partial charge in [-0.1, -0.05) is 23.2 Å². The van der Waals surface area contributed by atoms with Crippen LogP contribution in [0.5, 0.6) is 0 Å². The van der Waals surface area contributed by atoms with Gasteiger partial charge in [0.2, 0.25) is 5.91 Å². The molecule has 0 unspecified atom stereocenters. The fourth-order valence-corrected chi connectivity index (χ4v) is 2.92. The van der Waals surface area contributed by atoms with Crippen molar-refractivity contribution in [3.05, 3.63) is 46.1 Å². The van der Waals surface area contributed by atoms with Crippen LogP contribution >= 0.6 is 23.2 Å². The number of nitrogens with one attached hydrogen (secondary N) is 1. The highest BCUT2D eigenvalue weighted by Gasteiger charge is 2.24. The molecule has 3 rings (SSSR count). The Bertz CT molecular complexity index is 820. The minimum Gasteiger partial charge on any atom is -0.339 e. The molecule has 9 heteroatoms. The van der Waals surface area contributed by atoms with Gasteiger partial charge in [0.1, 0.15) is 0 Å². The fourth-order valence-electron chi connectivity index (χ4n) is 2.62. The normalized spacial score (nSPS) is 14.3. The number of piperazine rings is 1. The highest BCUT2D eigenvalue weighted by molar-refractivity contribution is 6.42. The monoisotopic (exact) mass is 393 g/mol. The number of benzene rings is 1. The standard InChI is InChI=1S/C17H17Cl2N5O2/c1-11(25)23-6-8-24(9-7-23)17(26)15-4-5-16(22-21-15)20-12-2-3-13(18)14(19)10-12/h2-5,10H,6-9H2,1H3,(H,20,22). The molecule has 1 aliphatic heterocycles. The molecule has 1 N–H and O–H groups in total. The van der Waals surface area contributed by atoms with E-state index >= 15 is 0 Å². The summed E-state index contributed by atoms with van der Waals surface area (Å²) in [4.78, 5) is 27.2. The van der Waals surface area contributed by atoms with E-state index in [9.17, 15) is 9.59 Å². The smallest absolute Gasteiger partial charge is 0.274 e. The second-order valence-electron chi connectivity index (χ2n) is 5.86. The van der Waals surface area contributed by atoms with E-state index < -0.39 is 0 Å². The molecule has 2 aromatic rings. The molecular weight excluding hydrogens is 377 g/mol. The predicted molar refractivity (Wildman–Crippen MR) is 99.9 cm³/mol. The number of carbonyl (C=O) groups excluding carboxylic acids is 2. The maximum absolute atomic E-state index is 12.5. The van der Waals surface area contributed by atoms with Crippen molar-refractivity contribution in [3.63, 3.8) is 0 Å². The van der Waals surface area contributed by atoms with Crippen LogP contribution < -0.4 is 5.32 Å². The van der Waals surface area contributed by atoms with E-state index in [1.54, 1.807) is 40.1 Å². The Hall–Kier alpha value is -2.38. The van der Waals surface area contributed by atoms with Gasteiger partial charge in [0.05, 0.1) is 10.0 Å². The molecule has 1 aromatic carbocycles. The Balaban J connectivity index is 1.63.